The fourth-order valence-electron chi connectivity index (χ4n) is 1.27. The van der Waals surface area contributed by atoms with Gasteiger partial charge in [0.05, 0.1) is 4.34 Å². The Labute approximate surface area is 110 Å². The Morgan fingerprint density at radius 2 is 1.87 bits per heavy atom. The molecule has 0 atom stereocenters. The quantitative estimate of drug-likeness (QED) is 0.729. The van der Waals surface area contributed by atoms with Gasteiger partial charge < -0.3 is 5.73 Å². The minimum atomic E-state index is 0.679. The van der Waals surface area contributed by atoms with Crippen LogP contribution < -0.4 is 5.73 Å². The van der Waals surface area contributed by atoms with Gasteiger partial charge in [0, 0.05) is 15.7 Å². The van der Waals surface area contributed by atoms with E-state index in [2.05, 4.69) is 15.9 Å². The molecule has 0 saturated heterocycles. The highest BCUT2D eigenvalue weighted by Crippen LogP contribution is 2.41. The molecule has 1 heterocycles. The first-order valence-electron chi connectivity index (χ1n) is 4.08. The van der Waals surface area contributed by atoms with Crippen molar-refractivity contribution >= 4 is 56.2 Å². The lowest BCUT2D eigenvalue weighted by Gasteiger charge is -2.03. The van der Waals surface area contributed by atoms with Crippen molar-refractivity contribution in [3.05, 3.63) is 37.4 Å². The zero-order valence-corrected chi connectivity index (χ0v) is 11.3. The smallest absolute Gasteiger partial charge is 0.102 e. The maximum atomic E-state index is 6.07. The Morgan fingerprint density at radius 3 is 2.40 bits per heavy atom. The number of rotatable bonds is 1. The molecule has 0 amide bonds. The van der Waals surface area contributed by atoms with E-state index in [1.54, 1.807) is 0 Å². The molecule has 0 saturated carbocycles. The largest absolute Gasteiger partial charge is 0.399 e. The summed E-state index contributed by atoms with van der Waals surface area (Å²) in [4.78, 5) is 0. The molecule has 0 fully saturated rings. The summed E-state index contributed by atoms with van der Waals surface area (Å²) in [6.45, 7) is 0. The zero-order valence-electron chi connectivity index (χ0n) is 7.43. The van der Waals surface area contributed by atoms with Gasteiger partial charge in [-0.25, -0.2) is 0 Å². The summed E-state index contributed by atoms with van der Waals surface area (Å²) in [7, 11) is 0. The van der Waals surface area contributed by atoms with Crippen molar-refractivity contribution in [2.45, 2.75) is 0 Å². The van der Waals surface area contributed by atoms with E-state index in [4.69, 9.17) is 28.9 Å². The fraction of sp³-hybridized carbons (Fsp3) is 0. The predicted octanol–water partition coefficient (Wildman–Crippen LogP) is 5.07. The Morgan fingerprint density at radius 1 is 1.13 bits per heavy atom. The number of anilines is 1. The summed E-state index contributed by atoms with van der Waals surface area (Å²) in [5, 5.41) is 0. The number of hydrogen-bond acceptors (Lipinski definition) is 2. The molecule has 0 aliphatic rings. The molecule has 0 bridgehead atoms. The van der Waals surface area contributed by atoms with E-state index in [1.165, 1.54) is 11.3 Å². The number of thiophene rings is 1. The monoisotopic (exact) mass is 321 g/mol. The molecule has 2 rings (SSSR count). The normalized spacial score (nSPS) is 10.6. The first-order valence-corrected chi connectivity index (χ1v) is 6.44. The third kappa shape index (κ3) is 2.31. The maximum Gasteiger partial charge on any atom is 0.102 e. The van der Waals surface area contributed by atoms with Crippen LogP contribution in [0.15, 0.2) is 28.7 Å². The third-order valence-corrected chi connectivity index (χ3v) is 4.08. The van der Waals surface area contributed by atoms with Crippen molar-refractivity contribution in [2.24, 2.45) is 0 Å². The Balaban J connectivity index is 2.59. The van der Waals surface area contributed by atoms with Gasteiger partial charge in [0.15, 0.2) is 0 Å². The number of nitrogen functional groups attached to an aromatic ring is 1. The van der Waals surface area contributed by atoms with E-state index >= 15 is 0 Å². The van der Waals surface area contributed by atoms with E-state index in [-0.39, 0.29) is 0 Å². The maximum absolute atomic E-state index is 6.07. The standard InChI is InChI=1S/C10H6BrCl2NS/c11-8-3-5(14)1-2-6(8)7-4-9(12)15-10(7)13/h1-4H,14H2. The van der Waals surface area contributed by atoms with Crippen LogP contribution in [0.4, 0.5) is 5.69 Å². The van der Waals surface area contributed by atoms with E-state index in [1.807, 2.05) is 24.3 Å². The molecular weight excluding hydrogens is 317 g/mol. The molecule has 2 aromatic rings. The van der Waals surface area contributed by atoms with Gasteiger partial charge in [-0.3, -0.25) is 0 Å². The third-order valence-electron chi connectivity index (χ3n) is 1.94. The number of nitrogens with two attached hydrogens (primary N) is 1. The van der Waals surface area contributed by atoms with Crippen molar-refractivity contribution in [2.75, 3.05) is 5.73 Å². The second-order valence-corrected chi connectivity index (χ2v) is 6.12. The van der Waals surface area contributed by atoms with Crippen molar-refractivity contribution in [1.29, 1.82) is 0 Å². The number of benzene rings is 1. The first-order chi connectivity index (χ1) is 7.08. The molecule has 78 valence electrons. The van der Waals surface area contributed by atoms with Crippen LogP contribution >= 0.6 is 50.5 Å². The lowest BCUT2D eigenvalue weighted by Crippen LogP contribution is -1.85. The molecule has 0 unspecified atom stereocenters. The van der Waals surface area contributed by atoms with Gasteiger partial charge in [-0.15, -0.1) is 11.3 Å². The van der Waals surface area contributed by atoms with Gasteiger partial charge in [0.2, 0.25) is 0 Å². The van der Waals surface area contributed by atoms with Crippen molar-refractivity contribution in [1.82, 2.24) is 0 Å². The Hall–Kier alpha value is -0.220. The molecule has 0 spiro atoms. The lowest BCUT2D eigenvalue weighted by atomic mass is 10.1. The summed E-state index contributed by atoms with van der Waals surface area (Å²) in [5.74, 6) is 0. The molecule has 0 radical (unpaired) electrons. The van der Waals surface area contributed by atoms with Gasteiger partial charge in [0.1, 0.15) is 4.34 Å². The van der Waals surface area contributed by atoms with Crippen LogP contribution in [0.1, 0.15) is 0 Å². The minimum Gasteiger partial charge on any atom is -0.399 e. The summed E-state index contributed by atoms with van der Waals surface area (Å²) in [6.07, 6.45) is 0. The van der Waals surface area contributed by atoms with Crippen LogP contribution in [0.5, 0.6) is 0 Å². The SMILES string of the molecule is Nc1ccc(-c2cc(Cl)sc2Cl)c(Br)c1. The average molecular weight is 323 g/mol. The van der Waals surface area contributed by atoms with Crippen LogP contribution in [-0.4, -0.2) is 0 Å². The first kappa shape index (κ1) is 11.3. The highest BCUT2D eigenvalue weighted by atomic mass is 79.9. The molecule has 0 aliphatic heterocycles. The highest BCUT2D eigenvalue weighted by molar-refractivity contribution is 9.10. The van der Waals surface area contributed by atoms with Crippen LogP contribution in [0.3, 0.4) is 0 Å². The molecule has 1 nitrogen and oxygen atoms in total. The Bertz CT molecular complexity index is 510. The highest BCUT2D eigenvalue weighted by Gasteiger charge is 2.11. The molecule has 1 aromatic carbocycles. The summed E-state index contributed by atoms with van der Waals surface area (Å²) in [6, 6.07) is 7.45. The predicted molar refractivity (Wildman–Crippen MR) is 71.9 cm³/mol. The van der Waals surface area contributed by atoms with Crippen molar-refractivity contribution in [3.63, 3.8) is 0 Å². The average Bonchev–Trinajstić information content (AvgIpc) is 2.45. The zero-order chi connectivity index (χ0) is 11.0. The molecule has 2 N–H and O–H groups in total. The Kier molecular flexibility index (Phi) is 3.26. The van der Waals surface area contributed by atoms with Crippen molar-refractivity contribution < 1.29 is 0 Å². The molecule has 15 heavy (non-hydrogen) atoms. The van der Waals surface area contributed by atoms with Crippen molar-refractivity contribution in [3.8, 4) is 11.1 Å². The second kappa shape index (κ2) is 4.34. The topological polar surface area (TPSA) is 26.0 Å². The van der Waals surface area contributed by atoms with E-state index < -0.39 is 0 Å². The van der Waals surface area contributed by atoms with Gasteiger partial charge in [-0.05, 0) is 23.8 Å². The molecular formula is C10H6BrCl2NS. The molecule has 0 aliphatic carbocycles. The van der Waals surface area contributed by atoms with E-state index in [0.29, 0.717) is 14.4 Å². The van der Waals surface area contributed by atoms with Crippen LogP contribution in [-0.2, 0) is 0 Å². The number of halogens is 3. The van der Waals surface area contributed by atoms with Crippen LogP contribution in [0.25, 0.3) is 11.1 Å². The molecule has 5 heteroatoms. The van der Waals surface area contributed by atoms with E-state index in [9.17, 15) is 0 Å². The summed E-state index contributed by atoms with van der Waals surface area (Å²) < 4.78 is 2.28. The van der Waals surface area contributed by atoms with Crippen LogP contribution in [0.2, 0.25) is 8.67 Å². The van der Waals surface area contributed by atoms with Gasteiger partial charge in [-0.1, -0.05) is 45.2 Å². The van der Waals surface area contributed by atoms with Gasteiger partial charge in [0.25, 0.3) is 0 Å². The van der Waals surface area contributed by atoms with Gasteiger partial charge >= 0.3 is 0 Å². The second-order valence-electron chi connectivity index (χ2n) is 2.98. The fourth-order valence-corrected chi connectivity index (χ4v) is 3.38. The minimum absolute atomic E-state index is 0.679. The number of hydrogen-bond donors (Lipinski definition) is 1. The molecule has 1 aromatic heterocycles. The van der Waals surface area contributed by atoms with E-state index in [0.717, 1.165) is 15.6 Å². The van der Waals surface area contributed by atoms with Crippen LogP contribution in [0, 0.1) is 0 Å². The summed E-state index contributed by atoms with van der Waals surface area (Å²) >= 11 is 16.8. The summed E-state index contributed by atoms with van der Waals surface area (Å²) in [5.41, 5.74) is 8.30. The van der Waals surface area contributed by atoms with Gasteiger partial charge in [-0.2, -0.15) is 0 Å². The lowest BCUT2D eigenvalue weighted by molar-refractivity contribution is 1.61.